The minimum Gasteiger partial charge on any atom is -0.390 e. The van der Waals surface area contributed by atoms with Crippen molar-refractivity contribution in [1.82, 2.24) is 15.5 Å². The molecule has 0 radical (unpaired) electrons. The Bertz CT molecular complexity index is 1460. The fourth-order valence-corrected chi connectivity index (χ4v) is 6.39. The third-order valence-electron chi connectivity index (χ3n) is 9.14. The molecule has 0 spiro atoms. The maximum absolute atomic E-state index is 14.0. The number of halogens is 3. The highest BCUT2D eigenvalue weighted by Gasteiger charge is 2.29. The molecule has 1 aliphatic rings. The number of aliphatic hydroxyl groups excluding tert-OH is 1. The van der Waals surface area contributed by atoms with E-state index in [0.29, 0.717) is 24.2 Å². The van der Waals surface area contributed by atoms with Crippen molar-refractivity contribution in [3.63, 3.8) is 0 Å². The first kappa shape index (κ1) is 42.8. The number of carbonyl (C=O) groups is 2. The van der Waals surface area contributed by atoms with E-state index in [1.54, 1.807) is 18.2 Å². The zero-order valence-electron chi connectivity index (χ0n) is 30.6. The van der Waals surface area contributed by atoms with E-state index in [-0.39, 0.29) is 42.9 Å². The van der Waals surface area contributed by atoms with E-state index in [2.05, 4.69) is 50.5 Å². The number of hydrogen-bond donors (Lipinski definition) is 3. The number of amides is 2. The van der Waals surface area contributed by atoms with Crippen molar-refractivity contribution in [2.75, 3.05) is 13.1 Å². The fourth-order valence-electron chi connectivity index (χ4n) is 6.39. The minimum absolute atomic E-state index is 0. The Labute approximate surface area is 304 Å². The first-order valence-electron chi connectivity index (χ1n) is 18.2. The van der Waals surface area contributed by atoms with Gasteiger partial charge in [0, 0.05) is 42.9 Å². The summed E-state index contributed by atoms with van der Waals surface area (Å²) in [5.74, 6) is -2.03. The second-order valence-electron chi connectivity index (χ2n) is 13.3. The van der Waals surface area contributed by atoms with Crippen LogP contribution in [0, 0.1) is 18.6 Å². The van der Waals surface area contributed by atoms with Crippen molar-refractivity contribution in [2.45, 2.75) is 124 Å². The van der Waals surface area contributed by atoms with Gasteiger partial charge in [0.25, 0.3) is 11.8 Å². The predicted octanol–water partition coefficient (Wildman–Crippen LogP) is 8.74. The van der Waals surface area contributed by atoms with E-state index in [0.717, 1.165) is 42.9 Å². The van der Waals surface area contributed by atoms with Crippen LogP contribution < -0.4 is 10.6 Å². The molecule has 3 aromatic rings. The van der Waals surface area contributed by atoms with Crippen LogP contribution in [0.3, 0.4) is 0 Å². The van der Waals surface area contributed by atoms with Crippen LogP contribution in [0.4, 0.5) is 8.78 Å². The summed E-state index contributed by atoms with van der Waals surface area (Å²) >= 11 is 0. The summed E-state index contributed by atoms with van der Waals surface area (Å²) in [6.07, 6.45) is 9.69. The minimum atomic E-state index is -1.06. The molecule has 4 rings (SSSR count). The molecule has 50 heavy (non-hydrogen) atoms. The maximum Gasteiger partial charge on any atom is 0.254 e. The molecular weight excluding hydrogens is 656 g/mol. The van der Waals surface area contributed by atoms with Gasteiger partial charge in [0.1, 0.15) is 11.6 Å². The zero-order valence-corrected chi connectivity index (χ0v) is 31.4. The van der Waals surface area contributed by atoms with Gasteiger partial charge in [0.2, 0.25) is 0 Å². The van der Waals surface area contributed by atoms with Crippen LogP contribution in [0.1, 0.15) is 122 Å². The number of likely N-dealkylation sites (tertiary alicyclic amines) is 1. The van der Waals surface area contributed by atoms with E-state index >= 15 is 0 Å². The lowest BCUT2D eigenvalue weighted by Gasteiger charge is -2.26. The SMILES string of the molecule is CCCCCCC.CCc1cccc(CNC[C@@H](O)[C@H](Cc2cc(F)cc(F)c2)NC(=O)c2cc(C)cc(C(=O)N3CCC[C@@H]3CC)c2)c1.Cl. The Balaban J connectivity index is 0.000000980. The van der Waals surface area contributed by atoms with Crippen LogP contribution >= 0.6 is 12.4 Å². The van der Waals surface area contributed by atoms with Gasteiger partial charge < -0.3 is 20.6 Å². The summed E-state index contributed by atoms with van der Waals surface area (Å²) in [6, 6.07) is 15.7. The number of rotatable bonds is 16. The Morgan fingerprint density at radius 2 is 1.54 bits per heavy atom. The number of aryl methyl sites for hydroxylation is 2. The van der Waals surface area contributed by atoms with E-state index in [1.807, 2.05) is 24.0 Å². The number of hydrogen-bond acceptors (Lipinski definition) is 4. The predicted molar refractivity (Wildman–Crippen MR) is 202 cm³/mol. The molecule has 1 heterocycles. The van der Waals surface area contributed by atoms with E-state index in [9.17, 15) is 23.5 Å². The average molecular weight is 714 g/mol. The normalized spacial score (nSPS) is 15.0. The molecule has 276 valence electrons. The van der Waals surface area contributed by atoms with Crippen molar-refractivity contribution in [2.24, 2.45) is 0 Å². The standard InChI is InChI=1S/C34H41F2N3O3.C7H16.ClH/c1-4-23-8-6-9-24(14-23)20-37-21-32(40)31(17-25-15-28(35)19-29(36)16-25)38-33(41)26-12-22(3)13-27(18-26)34(42)39-11-7-10-30(39)5-2;1-3-5-7-6-4-2;/h6,8-9,12-16,18-19,30-32,37,40H,4-5,7,10-11,17,20-21H2,1-3H3,(H,38,41);3-7H2,1-2H3;1H/t30-,31-,32+;;/m0../s1. The number of aliphatic hydroxyl groups is 1. The Hall–Kier alpha value is -3.33. The fraction of sp³-hybridized carbons (Fsp3) is 0.512. The number of carbonyl (C=O) groups excluding carboxylic acids is 2. The largest absolute Gasteiger partial charge is 0.390 e. The first-order chi connectivity index (χ1) is 23.6. The van der Waals surface area contributed by atoms with Crippen molar-refractivity contribution < 1.29 is 23.5 Å². The molecule has 0 bridgehead atoms. The number of unbranched alkanes of at least 4 members (excludes halogenated alkanes) is 4. The topological polar surface area (TPSA) is 81.7 Å². The van der Waals surface area contributed by atoms with Gasteiger partial charge in [-0.25, -0.2) is 8.78 Å². The third kappa shape index (κ3) is 13.8. The summed E-state index contributed by atoms with van der Waals surface area (Å²) in [5.41, 5.74) is 4.08. The molecule has 1 aliphatic heterocycles. The van der Waals surface area contributed by atoms with Crippen LogP contribution in [0.15, 0.2) is 60.7 Å². The quantitative estimate of drug-likeness (QED) is 0.130. The van der Waals surface area contributed by atoms with Gasteiger partial charge in [-0.2, -0.15) is 0 Å². The van der Waals surface area contributed by atoms with Crippen molar-refractivity contribution in [3.05, 3.63) is 106 Å². The summed E-state index contributed by atoms with van der Waals surface area (Å²) in [5, 5.41) is 17.3. The molecule has 2 amide bonds. The Kier molecular flexibility index (Phi) is 19.3. The van der Waals surface area contributed by atoms with E-state index < -0.39 is 29.7 Å². The van der Waals surface area contributed by atoms with E-state index in [1.165, 1.54) is 49.8 Å². The van der Waals surface area contributed by atoms with Gasteiger partial charge >= 0.3 is 0 Å². The monoisotopic (exact) mass is 713 g/mol. The molecule has 3 aromatic carbocycles. The molecule has 1 saturated heterocycles. The van der Waals surface area contributed by atoms with Gasteiger partial charge in [-0.3, -0.25) is 9.59 Å². The van der Waals surface area contributed by atoms with Crippen molar-refractivity contribution in [3.8, 4) is 0 Å². The molecule has 3 N–H and O–H groups in total. The lowest BCUT2D eigenvalue weighted by molar-refractivity contribution is 0.0733. The molecular formula is C41H58ClF2N3O3. The smallest absolute Gasteiger partial charge is 0.254 e. The second-order valence-corrected chi connectivity index (χ2v) is 13.3. The molecule has 9 heteroatoms. The van der Waals surface area contributed by atoms with Crippen LogP contribution in [0.2, 0.25) is 0 Å². The molecule has 6 nitrogen and oxygen atoms in total. The number of nitrogens with zero attached hydrogens (tertiary/aromatic N) is 1. The third-order valence-corrected chi connectivity index (χ3v) is 9.14. The Morgan fingerprint density at radius 1 is 0.880 bits per heavy atom. The van der Waals surface area contributed by atoms with Gasteiger partial charge in [0.05, 0.1) is 12.1 Å². The van der Waals surface area contributed by atoms with Crippen molar-refractivity contribution >= 4 is 24.2 Å². The lowest BCUT2D eigenvalue weighted by atomic mass is 9.99. The average Bonchev–Trinajstić information content (AvgIpc) is 3.56. The van der Waals surface area contributed by atoms with Gasteiger partial charge in [-0.1, -0.05) is 84.1 Å². The number of nitrogens with one attached hydrogen (secondary N) is 2. The van der Waals surface area contributed by atoms with Crippen LogP contribution in [0.5, 0.6) is 0 Å². The van der Waals surface area contributed by atoms with Crippen LogP contribution in [0.25, 0.3) is 0 Å². The van der Waals surface area contributed by atoms with Crippen LogP contribution in [-0.2, 0) is 19.4 Å². The highest BCUT2D eigenvalue weighted by atomic mass is 35.5. The maximum atomic E-state index is 14.0. The first-order valence-corrected chi connectivity index (χ1v) is 18.2. The molecule has 0 saturated carbocycles. The highest BCUT2D eigenvalue weighted by Crippen LogP contribution is 2.23. The molecule has 0 aromatic heterocycles. The van der Waals surface area contributed by atoms with Crippen molar-refractivity contribution in [1.29, 1.82) is 0 Å². The molecule has 3 atom stereocenters. The van der Waals surface area contributed by atoms with E-state index in [4.69, 9.17) is 0 Å². The summed E-state index contributed by atoms with van der Waals surface area (Å²) in [4.78, 5) is 28.7. The zero-order chi connectivity index (χ0) is 35.8. The Morgan fingerprint density at radius 3 is 2.18 bits per heavy atom. The summed E-state index contributed by atoms with van der Waals surface area (Å²) in [7, 11) is 0. The highest BCUT2D eigenvalue weighted by molar-refractivity contribution is 6.00. The molecule has 1 fully saturated rings. The summed E-state index contributed by atoms with van der Waals surface area (Å²) < 4.78 is 27.9. The lowest BCUT2D eigenvalue weighted by Crippen LogP contribution is -2.48. The van der Waals surface area contributed by atoms with Gasteiger partial charge in [-0.05, 0) is 91.6 Å². The molecule has 0 unspecified atom stereocenters. The molecule has 0 aliphatic carbocycles. The van der Waals surface area contributed by atoms with Gasteiger partial charge in [0.15, 0.2) is 0 Å². The number of benzene rings is 3. The van der Waals surface area contributed by atoms with Crippen LogP contribution in [-0.4, -0.2) is 53.1 Å². The summed E-state index contributed by atoms with van der Waals surface area (Å²) in [6.45, 7) is 11.8. The van der Waals surface area contributed by atoms with Gasteiger partial charge in [-0.15, -0.1) is 12.4 Å². The second kappa shape index (κ2) is 22.5.